The van der Waals surface area contributed by atoms with Crippen LogP contribution in [0.3, 0.4) is 0 Å². The molecule has 2 N–H and O–H groups in total. The Morgan fingerprint density at radius 2 is 1.42 bits per heavy atom. The van der Waals surface area contributed by atoms with Gasteiger partial charge in [-0.2, -0.15) is 0 Å². The summed E-state index contributed by atoms with van der Waals surface area (Å²) >= 11 is 0. The zero-order valence-electron chi connectivity index (χ0n) is 36.2. The normalized spacial score (nSPS) is 15.4. The molecule has 0 unspecified atom stereocenters. The van der Waals surface area contributed by atoms with E-state index in [9.17, 15) is 24.0 Å². The topological polar surface area (TPSA) is 164 Å². The van der Waals surface area contributed by atoms with E-state index >= 15 is 0 Å². The first-order chi connectivity index (χ1) is 28.4. The molecule has 1 heterocycles. The van der Waals surface area contributed by atoms with Crippen molar-refractivity contribution < 1.29 is 47.7 Å². The van der Waals surface area contributed by atoms with Gasteiger partial charge in [0.1, 0.15) is 12.1 Å². The number of aryl methyl sites for hydroxylation is 1. The molecule has 0 aliphatic heterocycles. The molecule has 3 amide bonds. The first-order valence-electron chi connectivity index (χ1n) is 21.5. The standard InChI is InChI=1S/C45H70N4O10/c1-6-49(38-13-10-12-35(2)32-38)42(52)34-48-23-11-14-39(48)40(50)33-36-16-18-37(19-17-36)44(54)47-21-9-7-8-15-41(51)46-22-25-56-27-29-58-31-30-57-28-26-55-24-20-43(53)59-45(3,4)5/h10-14,23,32,36-37H,6-9,15-22,24-31,33-34H2,1-5H3,(H,46,51)(H,47,54). The SMILES string of the molecule is CCN(C(=O)Cn1cccc1C(=O)CC1CCC(C(=O)NCCCCCC(=O)NCCOCCOCCOCCOCCC(=O)OC(C)(C)C)CC1)c1cccc(C)c1. The number of carbonyl (C=O) groups is 5. The number of ketones is 1. The predicted molar refractivity (Wildman–Crippen MR) is 226 cm³/mol. The molecule has 1 saturated carbocycles. The minimum Gasteiger partial charge on any atom is -0.460 e. The molecule has 330 valence electrons. The Hall–Kier alpha value is -4.11. The van der Waals surface area contributed by atoms with Crippen LogP contribution < -0.4 is 15.5 Å². The molecule has 0 saturated heterocycles. The van der Waals surface area contributed by atoms with Crippen LogP contribution in [0, 0.1) is 18.8 Å². The number of esters is 1. The fourth-order valence-corrected chi connectivity index (χ4v) is 6.93. The van der Waals surface area contributed by atoms with Crippen molar-refractivity contribution in [3.05, 3.63) is 53.9 Å². The van der Waals surface area contributed by atoms with Gasteiger partial charge in [-0.05, 0) is 109 Å². The summed E-state index contributed by atoms with van der Waals surface area (Å²) in [6.45, 7) is 14.3. The number of benzene rings is 1. The lowest BCUT2D eigenvalue weighted by molar-refractivity contribution is -0.156. The maximum atomic E-state index is 13.3. The zero-order valence-corrected chi connectivity index (χ0v) is 36.2. The molecular weight excluding hydrogens is 757 g/mol. The summed E-state index contributed by atoms with van der Waals surface area (Å²) in [7, 11) is 0. The predicted octanol–water partition coefficient (Wildman–Crippen LogP) is 5.82. The van der Waals surface area contributed by atoms with Crippen molar-refractivity contribution >= 4 is 35.2 Å². The summed E-state index contributed by atoms with van der Waals surface area (Å²) in [6.07, 6.45) is 8.41. The number of likely N-dealkylation sites (N-methyl/N-ethyl adjacent to an activating group) is 1. The van der Waals surface area contributed by atoms with Gasteiger partial charge in [-0.25, -0.2) is 0 Å². The summed E-state index contributed by atoms with van der Waals surface area (Å²) in [5.74, 6) is -0.0772. The van der Waals surface area contributed by atoms with Crippen LogP contribution in [0.2, 0.25) is 0 Å². The average Bonchev–Trinajstić information content (AvgIpc) is 3.65. The Balaban J connectivity index is 1.13. The number of carbonyl (C=O) groups excluding carboxylic acids is 5. The lowest BCUT2D eigenvalue weighted by Crippen LogP contribution is -2.34. The highest BCUT2D eigenvalue weighted by atomic mass is 16.6. The third kappa shape index (κ3) is 20.6. The summed E-state index contributed by atoms with van der Waals surface area (Å²) < 4.78 is 28.8. The number of anilines is 1. The van der Waals surface area contributed by atoms with E-state index in [4.69, 9.17) is 23.7 Å². The first-order valence-corrected chi connectivity index (χ1v) is 21.5. The molecule has 1 aliphatic rings. The van der Waals surface area contributed by atoms with E-state index in [0.717, 1.165) is 56.2 Å². The Morgan fingerprint density at radius 3 is 2.07 bits per heavy atom. The van der Waals surface area contributed by atoms with Gasteiger partial charge < -0.3 is 43.8 Å². The van der Waals surface area contributed by atoms with Crippen molar-refractivity contribution in [2.45, 2.75) is 111 Å². The van der Waals surface area contributed by atoms with Gasteiger partial charge >= 0.3 is 5.97 Å². The molecule has 1 fully saturated rings. The molecule has 1 aliphatic carbocycles. The Labute approximate surface area is 351 Å². The number of hydrogen-bond acceptors (Lipinski definition) is 10. The van der Waals surface area contributed by atoms with Crippen molar-refractivity contribution in [3.8, 4) is 0 Å². The third-order valence-electron chi connectivity index (χ3n) is 9.98. The minimum atomic E-state index is -0.492. The number of rotatable bonds is 29. The Bertz CT molecular complexity index is 1560. The highest BCUT2D eigenvalue weighted by molar-refractivity contribution is 5.97. The molecule has 0 bridgehead atoms. The van der Waals surface area contributed by atoms with Gasteiger partial charge in [-0.1, -0.05) is 18.6 Å². The maximum absolute atomic E-state index is 13.3. The summed E-state index contributed by atoms with van der Waals surface area (Å²) in [5, 5.41) is 5.93. The monoisotopic (exact) mass is 827 g/mol. The van der Waals surface area contributed by atoms with Crippen molar-refractivity contribution in [3.63, 3.8) is 0 Å². The van der Waals surface area contributed by atoms with E-state index in [0.29, 0.717) is 91.0 Å². The molecule has 1 aromatic heterocycles. The second-order valence-electron chi connectivity index (χ2n) is 16.1. The quantitative estimate of drug-likeness (QED) is 0.0581. The first kappa shape index (κ1) is 49.3. The average molecular weight is 827 g/mol. The van der Waals surface area contributed by atoms with E-state index in [2.05, 4.69) is 10.6 Å². The number of ether oxygens (including phenoxy) is 5. The van der Waals surface area contributed by atoms with E-state index in [1.54, 1.807) is 21.7 Å². The highest BCUT2D eigenvalue weighted by Gasteiger charge is 2.28. The van der Waals surface area contributed by atoms with Crippen molar-refractivity contribution in [2.75, 3.05) is 77.4 Å². The molecule has 59 heavy (non-hydrogen) atoms. The van der Waals surface area contributed by atoms with Crippen molar-refractivity contribution in [1.29, 1.82) is 0 Å². The van der Waals surface area contributed by atoms with Gasteiger partial charge in [0, 0.05) is 50.3 Å². The number of Topliss-reactive ketones (excluding diaryl/α,β-unsaturated/α-hetero) is 1. The van der Waals surface area contributed by atoms with E-state index in [1.165, 1.54) is 0 Å². The largest absolute Gasteiger partial charge is 0.460 e. The lowest BCUT2D eigenvalue weighted by Gasteiger charge is -2.27. The number of nitrogens with one attached hydrogen (secondary N) is 2. The molecule has 0 radical (unpaired) electrons. The Morgan fingerprint density at radius 1 is 0.763 bits per heavy atom. The molecule has 2 aromatic rings. The second kappa shape index (κ2) is 27.6. The maximum Gasteiger partial charge on any atom is 0.308 e. The van der Waals surface area contributed by atoms with Gasteiger partial charge in [-0.3, -0.25) is 24.0 Å². The molecule has 14 heteroatoms. The van der Waals surface area contributed by atoms with Crippen molar-refractivity contribution in [2.24, 2.45) is 11.8 Å². The van der Waals surface area contributed by atoms with Gasteiger partial charge in [-0.15, -0.1) is 0 Å². The zero-order chi connectivity index (χ0) is 42.9. The number of hydrogen-bond donors (Lipinski definition) is 2. The fraction of sp³-hybridized carbons (Fsp3) is 0.667. The molecule has 3 rings (SSSR count). The minimum absolute atomic E-state index is 0.0157. The summed E-state index contributed by atoms with van der Waals surface area (Å²) in [5.41, 5.74) is 2.00. The lowest BCUT2D eigenvalue weighted by atomic mass is 9.79. The van der Waals surface area contributed by atoms with Crippen LogP contribution in [0.4, 0.5) is 5.69 Å². The number of amides is 3. The number of nitrogens with zero attached hydrogens (tertiary/aromatic N) is 2. The number of aromatic nitrogens is 1. The molecule has 1 aromatic carbocycles. The second-order valence-corrected chi connectivity index (χ2v) is 16.1. The van der Waals surface area contributed by atoms with Gasteiger partial charge in [0.15, 0.2) is 5.78 Å². The van der Waals surface area contributed by atoms with Crippen LogP contribution >= 0.6 is 0 Å². The number of unbranched alkanes of at least 4 members (excludes halogenated alkanes) is 2. The van der Waals surface area contributed by atoms with Crippen LogP contribution in [0.25, 0.3) is 0 Å². The van der Waals surface area contributed by atoms with Gasteiger partial charge in [0.05, 0.1) is 65.0 Å². The van der Waals surface area contributed by atoms with Crippen LogP contribution in [0.1, 0.15) is 108 Å². The van der Waals surface area contributed by atoms with Crippen LogP contribution in [-0.2, 0) is 49.4 Å². The fourth-order valence-electron chi connectivity index (χ4n) is 6.93. The molecule has 0 atom stereocenters. The smallest absolute Gasteiger partial charge is 0.308 e. The molecular formula is C45H70N4O10. The highest BCUT2D eigenvalue weighted by Crippen LogP contribution is 2.32. The Kier molecular flexibility index (Phi) is 23.0. The van der Waals surface area contributed by atoms with Crippen LogP contribution in [-0.4, -0.2) is 112 Å². The van der Waals surface area contributed by atoms with E-state index in [-0.39, 0.29) is 54.3 Å². The molecule has 14 nitrogen and oxygen atoms in total. The summed E-state index contributed by atoms with van der Waals surface area (Å²) in [4.78, 5) is 64.9. The van der Waals surface area contributed by atoms with Gasteiger partial charge in [0.25, 0.3) is 0 Å². The summed E-state index contributed by atoms with van der Waals surface area (Å²) in [6, 6.07) is 11.5. The third-order valence-corrected chi connectivity index (χ3v) is 9.98. The van der Waals surface area contributed by atoms with Crippen molar-refractivity contribution in [1.82, 2.24) is 15.2 Å². The van der Waals surface area contributed by atoms with E-state index in [1.807, 2.05) is 65.0 Å². The van der Waals surface area contributed by atoms with Gasteiger partial charge in [0.2, 0.25) is 17.7 Å². The molecule has 0 spiro atoms. The van der Waals surface area contributed by atoms with Crippen LogP contribution in [0.15, 0.2) is 42.6 Å². The van der Waals surface area contributed by atoms with Crippen LogP contribution in [0.5, 0.6) is 0 Å². The van der Waals surface area contributed by atoms with E-state index < -0.39 is 5.60 Å².